The molecule has 2 aromatic carbocycles. The van der Waals surface area contributed by atoms with Gasteiger partial charge in [-0.15, -0.1) is 11.8 Å². The van der Waals surface area contributed by atoms with Gasteiger partial charge in [0.15, 0.2) is 0 Å². The Balaban J connectivity index is 1.50. The number of nitrogens with zero attached hydrogens (tertiary/aromatic N) is 1. The van der Waals surface area contributed by atoms with Crippen LogP contribution in [0.3, 0.4) is 0 Å². The van der Waals surface area contributed by atoms with Gasteiger partial charge in [-0.2, -0.15) is 0 Å². The SMILES string of the molecule is O=C(O)CCC(=O)Nc1ccc(SCC(=O)N2CCc3ccccc32)cc1. The van der Waals surface area contributed by atoms with Crippen LogP contribution >= 0.6 is 11.8 Å². The van der Waals surface area contributed by atoms with Gasteiger partial charge >= 0.3 is 5.97 Å². The summed E-state index contributed by atoms with van der Waals surface area (Å²) in [5.74, 6) is -0.905. The van der Waals surface area contributed by atoms with Gasteiger partial charge in [0, 0.05) is 29.2 Å². The number of hydrogen-bond acceptors (Lipinski definition) is 4. The maximum atomic E-state index is 12.5. The maximum Gasteiger partial charge on any atom is 0.303 e. The number of carbonyl (C=O) groups excluding carboxylic acids is 2. The van der Waals surface area contributed by atoms with Gasteiger partial charge in [0.25, 0.3) is 0 Å². The molecule has 2 aromatic rings. The van der Waals surface area contributed by atoms with Crippen LogP contribution in [0.2, 0.25) is 0 Å². The van der Waals surface area contributed by atoms with Crippen molar-refractivity contribution in [1.82, 2.24) is 0 Å². The average molecular weight is 384 g/mol. The Morgan fingerprint density at radius 3 is 2.52 bits per heavy atom. The number of nitrogens with one attached hydrogen (secondary N) is 1. The first kappa shape index (κ1) is 19.0. The molecule has 1 aliphatic rings. The molecule has 1 heterocycles. The Kier molecular flexibility index (Phi) is 6.13. The molecule has 7 heteroatoms. The van der Waals surface area contributed by atoms with Crippen LogP contribution in [0.4, 0.5) is 11.4 Å². The third kappa shape index (κ3) is 5.10. The van der Waals surface area contributed by atoms with Crippen LogP contribution in [0.1, 0.15) is 18.4 Å². The molecule has 0 radical (unpaired) electrons. The maximum absolute atomic E-state index is 12.5. The summed E-state index contributed by atoms with van der Waals surface area (Å²) in [6.45, 7) is 0.722. The molecule has 0 fully saturated rings. The second kappa shape index (κ2) is 8.73. The summed E-state index contributed by atoms with van der Waals surface area (Å²) < 4.78 is 0. The normalized spacial score (nSPS) is 12.5. The molecule has 0 aliphatic carbocycles. The molecule has 2 amide bonds. The molecule has 6 nitrogen and oxygen atoms in total. The topological polar surface area (TPSA) is 86.7 Å². The van der Waals surface area contributed by atoms with Crippen molar-refractivity contribution in [3.05, 3.63) is 54.1 Å². The zero-order valence-electron chi connectivity index (χ0n) is 14.7. The Morgan fingerprint density at radius 2 is 1.78 bits per heavy atom. The number of thioether (sulfide) groups is 1. The molecule has 27 heavy (non-hydrogen) atoms. The second-order valence-corrected chi connectivity index (χ2v) is 7.23. The van der Waals surface area contributed by atoms with Crippen LogP contribution < -0.4 is 10.2 Å². The molecular formula is C20H20N2O4S. The Morgan fingerprint density at radius 1 is 1.04 bits per heavy atom. The third-order valence-electron chi connectivity index (χ3n) is 4.25. The van der Waals surface area contributed by atoms with Gasteiger partial charge in [0.2, 0.25) is 11.8 Å². The summed E-state index contributed by atoms with van der Waals surface area (Å²) >= 11 is 1.45. The highest BCUT2D eigenvalue weighted by molar-refractivity contribution is 8.00. The molecule has 0 spiro atoms. The lowest BCUT2D eigenvalue weighted by Gasteiger charge is -2.17. The number of fused-ring (bicyclic) bond motifs is 1. The summed E-state index contributed by atoms with van der Waals surface area (Å²) in [7, 11) is 0. The molecule has 140 valence electrons. The minimum atomic E-state index is -0.998. The minimum absolute atomic E-state index is 0.0579. The van der Waals surface area contributed by atoms with Gasteiger partial charge in [0.1, 0.15) is 0 Å². The van der Waals surface area contributed by atoms with Crippen LogP contribution in [-0.4, -0.2) is 35.2 Å². The number of carboxylic acids is 1. The molecule has 3 rings (SSSR count). The van der Waals surface area contributed by atoms with Crippen molar-refractivity contribution in [1.29, 1.82) is 0 Å². The molecule has 0 aromatic heterocycles. The van der Waals surface area contributed by atoms with Crippen molar-refractivity contribution < 1.29 is 19.5 Å². The predicted molar refractivity (Wildman–Crippen MR) is 105 cm³/mol. The van der Waals surface area contributed by atoms with Crippen molar-refractivity contribution in [3.63, 3.8) is 0 Å². The summed E-state index contributed by atoms with van der Waals surface area (Å²) in [4.78, 5) is 37.4. The number of aliphatic carboxylic acids is 1. The van der Waals surface area contributed by atoms with Crippen LogP contribution in [-0.2, 0) is 20.8 Å². The zero-order chi connectivity index (χ0) is 19.2. The van der Waals surface area contributed by atoms with E-state index in [-0.39, 0.29) is 24.7 Å². The van der Waals surface area contributed by atoms with Crippen LogP contribution in [0.5, 0.6) is 0 Å². The van der Waals surface area contributed by atoms with E-state index in [1.807, 2.05) is 35.2 Å². The van der Waals surface area contributed by atoms with Crippen molar-refractivity contribution in [2.75, 3.05) is 22.5 Å². The fourth-order valence-electron chi connectivity index (χ4n) is 2.90. The highest BCUT2D eigenvalue weighted by Gasteiger charge is 2.23. The second-order valence-electron chi connectivity index (χ2n) is 6.18. The van der Waals surface area contributed by atoms with E-state index in [9.17, 15) is 14.4 Å². The summed E-state index contributed by atoms with van der Waals surface area (Å²) in [5.41, 5.74) is 2.82. The fourth-order valence-corrected chi connectivity index (χ4v) is 3.67. The molecule has 1 aliphatic heterocycles. The number of anilines is 2. The smallest absolute Gasteiger partial charge is 0.303 e. The Hall–Kier alpha value is -2.80. The average Bonchev–Trinajstić information content (AvgIpc) is 3.10. The van der Waals surface area contributed by atoms with Crippen LogP contribution in [0, 0.1) is 0 Å². The third-order valence-corrected chi connectivity index (χ3v) is 5.25. The lowest BCUT2D eigenvalue weighted by Crippen LogP contribution is -2.30. The monoisotopic (exact) mass is 384 g/mol. The largest absolute Gasteiger partial charge is 0.481 e. The van der Waals surface area contributed by atoms with Crippen LogP contribution in [0.15, 0.2) is 53.4 Å². The van der Waals surface area contributed by atoms with E-state index in [0.717, 1.165) is 23.5 Å². The van der Waals surface area contributed by atoms with Crippen LogP contribution in [0.25, 0.3) is 0 Å². The number of carbonyl (C=O) groups is 3. The highest BCUT2D eigenvalue weighted by Crippen LogP contribution is 2.29. The van der Waals surface area contributed by atoms with Gasteiger partial charge in [0.05, 0.1) is 12.2 Å². The van der Waals surface area contributed by atoms with Gasteiger partial charge in [-0.1, -0.05) is 18.2 Å². The number of amides is 2. The summed E-state index contributed by atoms with van der Waals surface area (Å²) in [6.07, 6.45) is 0.641. The number of carboxylic acid groups (broad SMARTS) is 1. The van der Waals surface area contributed by atoms with E-state index in [1.165, 1.54) is 17.3 Å². The van der Waals surface area contributed by atoms with Gasteiger partial charge < -0.3 is 15.3 Å². The first-order valence-corrected chi connectivity index (χ1v) is 9.64. The highest BCUT2D eigenvalue weighted by atomic mass is 32.2. The van der Waals surface area contributed by atoms with Crippen molar-refractivity contribution in [2.45, 2.75) is 24.2 Å². The van der Waals surface area contributed by atoms with Crippen molar-refractivity contribution >= 4 is 40.9 Å². The van der Waals surface area contributed by atoms with E-state index in [2.05, 4.69) is 11.4 Å². The van der Waals surface area contributed by atoms with E-state index >= 15 is 0 Å². The number of rotatable bonds is 7. The number of benzene rings is 2. The molecule has 0 saturated heterocycles. The van der Waals surface area contributed by atoms with Gasteiger partial charge in [-0.05, 0) is 42.3 Å². The number of para-hydroxylation sites is 1. The molecule has 0 saturated carbocycles. The van der Waals surface area contributed by atoms with Gasteiger partial charge in [-0.3, -0.25) is 14.4 Å². The Labute approximate surface area is 161 Å². The first-order valence-electron chi connectivity index (χ1n) is 8.66. The lowest BCUT2D eigenvalue weighted by molar-refractivity contribution is -0.138. The minimum Gasteiger partial charge on any atom is -0.481 e. The quantitative estimate of drug-likeness (QED) is 0.716. The number of hydrogen-bond donors (Lipinski definition) is 2. The fraction of sp³-hybridized carbons (Fsp3) is 0.250. The standard InChI is InChI=1S/C20H20N2O4S/c23-18(9-10-20(25)26)21-15-5-7-16(8-6-15)27-13-19(24)22-12-11-14-3-1-2-4-17(14)22/h1-8H,9-13H2,(H,21,23)(H,25,26). The van der Waals surface area contributed by atoms with E-state index in [4.69, 9.17) is 5.11 Å². The first-order chi connectivity index (χ1) is 13.0. The molecular weight excluding hydrogens is 364 g/mol. The molecule has 2 N–H and O–H groups in total. The predicted octanol–water partition coefficient (Wildman–Crippen LogP) is 3.17. The Bertz CT molecular complexity index is 851. The lowest BCUT2D eigenvalue weighted by atomic mass is 10.2. The van der Waals surface area contributed by atoms with Gasteiger partial charge in [-0.25, -0.2) is 0 Å². The summed E-state index contributed by atoms with van der Waals surface area (Å²) in [5, 5.41) is 11.2. The van der Waals surface area contributed by atoms with E-state index < -0.39 is 5.97 Å². The van der Waals surface area contributed by atoms with Crippen molar-refractivity contribution in [3.8, 4) is 0 Å². The van der Waals surface area contributed by atoms with E-state index in [0.29, 0.717) is 11.4 Å². The summed E-state index contributed by atoms with van der Waals surface area (Å²) in [6, 6.07) is 15.1. The molecule has 0 unspecified atom stereocenters. The zero-order valence-corrected chi connectivity index (χ0v) is 15.5. The van der Waals surface area contributed by atoms with Crippen molar-refractivity contribution in [2.24, 2.45) is 0 Å². The van der Waals surface area contributed by atoms with E-state index in [1.54, 1.807) is 12.1 Å². The molecule has 0 bridgehead atoms. The molecule has 0 atom stereocenters.